The number of phenols is 1. The van der Waals surface area contributed by atoms with Gasteiger partial charge in [0.05, 0.1) is 23.4 Å². The van der Waals surface area contributed by atoms with Gasteiger partial charge >= 0.3 is 5.97 Å². The normalized spacial score (nSPS) is 33.2. The first-order valence-electron chi connectivity index (χ1n) is 12.0. The number of Topliss-reactive ketones (excluding diaryl/α,β-unsaturated/α-hetero) is 2. The van der Waals surface area contributed by atoms with Crippen molar-refractivity contribution >= 4 is 23.4 Å². The van der Waals surface area contributed by atoms with Gasteiger partial charge in [-0.05, 0) is 44.5 Å². The number of ketones is 2. The second kappa shape index (κ2) is 8.15. The van der Waals surface area contributed by atoms with Gasteiger partial charge in [0.1, 0.15) is 28.9 Å². The number of amides is 1. The molecule has 0 spiro atoms. The van der Waals surface area contributed by atoms with Crippen molar-refractivity contribution in [1.82, 2.24) is 4.90 Å². The Morgan fingerprint density at radius 2 is 1.78 bits per heavy atom. The minimum atomic E-state index is -2.93. The fraction of sp³-hybridized carbons (Fsp3) is 0.462. The molecule has 0 aromatic heterocycles. The number of aromatic hydroxyl groups is 1. The van der Waals surface area contributed by atoms with E-state index in [9.17, 15) is 39.6 Å². The van der Waals surface area contributed by atoms with Crippen molar-refractivity contribution in [3.8, 4) is 5.75 Å². The molecule has 11 heteroatoms. The fourth-order valence-electron chi connectivity index (χ4n) is 6.24. The van der Waals surface area contributed by atoms with Crippen molar-refractivity contribution < 1.29 is 44.3 Å². The van der Waals surface area contributed by atoms with E-state index < -0.39 is 81.6 Å². The van der Waals surface area contributed by atoms with Crippen LogP contribution < -0.4 is 5.73 Å². The number of ether oxygens (including phenoxy) is 1. The van der Waals surface area contributed by atoms with E-state index in [4.69, 9.17) is 10.5 Å². The van der Waals surface area contributed by atoms with Gasteiger partial charge in [0.15, 0.2) is 11.4 Å². The summed E-state index contributed by atoms with van der Waals surface area (Å²) in [6.07, 6.45) is -0.180. The first kappa shape index (κ1) is 25.0. The Hall–Kier alpha value is -3.70. The van der Waals surface area contributed by atoms with Crippen molar-refractivity contribution in [1.29, 1.82) is 0 Å². The first-order valence-corrected chi connectivity index (χ1v) is 12.0. The Balaban J connectivity index is 1.83. The molecule has 0 heterocycles. The monoisotopic (exact) mass is 512 g/mol. The zero-order valence-electron chi connectivity index (χ0n) is 20.5. The molecule has 0 unspecified atom stereocenters. The number of esters is 1. The topological polar surface area (TPSA) is 188 Å². The lowest BCUT2D eigenvalue weighted by Gasteiger charge is -2.54. The van der Waals surface area contributed by atoms with Gasteiger partial charge in [0.2, 0.25) is 5.78 Å². The predicted octanol–water partition coefficient (Wildman–Crippen LogP) is 0.613. The maximum absolute atomic E-state index is 13.7. The Labute approximate surface area is 211 Å². The second-order valence-electron chi connectivity index (χ2n) is 10.5. The minimum Gasteiger partial charge on any atom is -0.510 e. The van der Waals surface area contributed by atoms with E-state index in [1.54, 1.807) is 19.1 Å². The van der Waals surface area contributed by atoms with E-state index in [0.29, 0.717) is 18.4 Å². The largest absolute Gasteiger partial charge is 0.510 e. The van der Waals surface area contributed by atoms with Crippen LogP contribution in [0.5, 0.6) is 5.75 Å². The number of likely N-dealkylation sites (N-methyl/N-ethyl adjacent to an activating group) is 1. The highest BCUT2D eigenvalue weighted by Crippen LogP contribution is 2.56. The molecule has 1 fully saturated rings. The average Bonchev–Trinajstić information content (AvgIpc) is 3.66. The summed E-state index contributed by atoms with van der Waals surface area (Å²) in [7, 11) is 3.02. The summed E-state index contributed by atoms with van der Waals surface area (Å²) in [5, 5.41) is 44.9. The zero-order valence-corrected chi connectivity index (χ0v) is 20.5. The summed E-state index contributed by atoms with van der Waals surface area (Å²) in [5.41, 5.74) is 1.45. The molecule has 1 aromatic rings. The number of nitrogens with two attached hydrogens (primary N) is 1. The van der Waals surface area contributed by atoms with Gasteiger partial charge in [0, 0.05) is 11.5 Å². The van der Waals surface area contributed by atoms with Gasteiger partial charge in [-0.25, -0.2) is 0 Å². The second-order valence-corrected chi connectivity index (χ2v) is 10.5. The number of aliphatic hydroxyl groups excluding tert-OH is 2. The number of rotatable bonds is 4. The summed E-state index contributed by atoms with van der Waals surface area (Å²) in [6.45, 7) is 1.71. The molecule has 0 saturated heterocycles. The highest BCUT2D eigenvalue weighted by molar-refractivity contribution is 6.25. The standard InChI is InChI=1S/C26H28N2O9/c1-9-11-5-4-6-12(29)14(11)19(30)15-13(9)21(37-25(35)10-7-8-10)17-18(28(2)3)20(31)16(24(27)34)23(33)26(17,36)22(15)32/h4-6,9-10,13,17-18,21,29,31-32,36H,7-8H2,1-3H3,(H2,27,34)/t9-,13+,17+,18-,21-,26-/m1/s1. The zero-order chi connectivity index (χ0) is 27.1. The number of nitrogens with zero attached hydrogens (tertiary/aromatic N) is 1. The van der Waals surface area contributed by atoms with Crippen LogP contribution in [-0.4, -0.2) is 80.6 Å². The molecule has 6 atom stereocenters. The Kier molecular flexibility index (Phi) is 5.50. The molecule has 4 aliphatic rings. The average molecular weight is 513 g/mol. The molecule has 6 N–H and O–H groups in total. The molecule has 0 aliphatic heterocycles. The lowest BCUT2D eigenvalue weighted by atomic mass is 9.55. The van der Waals surface area contributed by atoms with E-state index in [-0.39, 0.29) is 17.2 Å². The third kappa shape index (κ3) is 3.27. The van der Waals surface area contributed by atoms with Crippen molar-refractivity contribution in [2.24, 2.45) is 23.5 Å². The Morgan fingerprint density at radius 1 is 1.14 bits per heavy atom. The van der Waals surface area contributed by atoms with Gasteiger partial charge in [0.25, 0.3) is 5.91 Å². The highest BCUT2D eigenvalue weighted by atomic mass is 16.5. The molecule has 11 nitrogen and oxygen atoms in total. The molecule has 1 aromatic carbocycles. The number of fused-ring (bicyclic) bond motifs is 3. The molecular weight excluding hydrogens is 484 g/mol. The summed E-state index contributed by atoms with van der Waals surface area (Å²) in [6, 6.07) is 3.19. The summed E-state index contributed by atoms with van der Waals surface area (Å²) < 4.78 is 5.92. The molecule has 5 rings (SSSR count). The van der Waals surface area contributed by atoms with Crippen LogP contribution in [-0.2, 0) is 19.1 Å². The van der Waals surface area contributed by atoms with Gasteiger partial charge in [-0.15, -0.1) is 0 Å². The van der Waals surface area contributed by atoms with Crippen LogP contribution in [0.2, 0.25) is 0 Å². The first-order chi connectivity index (χ1) is 17.3. The summed E-state index contributed by atoms with van der Waals surface area (Å²) in [5.74, 6) is -9.82. The molecule has 0 radical (unpaired) electrons. The smallest absolute Gasteiger partial charge is 0.309 e. The van der Waals surface area contributed by atoms with Crippen LogP contribution in [0, 0.1) is 17.8 Å². The fourth-order valence-corrected chi connectivity index (χ4v) is 6.24. The minimum absolute atomic E-state index is 0.108. The number of hydrogen-bond donors (Lipinski definition) is 5. The van der Waals surface area contributed by atoms with E-state index in [2.05, 4.69) is 0 Å². The molecule has 1 saturated carbocycles. The van der Waals surface area contributed by atoms with Crippen molar-refractivity contribution in [3.05, 3.63) is 52.0 Å². The SMILES string of the molecule is C[C@@H]1c2cccc(O)c2C(=O)C2=C(O)[C@@]3(O)C(=O)C(C(N)=O)=C(O)[C@H](N(C)C)[C@H]3[C@H](OC(=O)C3CC3)[C@H]21. The lowest BCUT2D eigenvalue weighted by molar-refractivity contribution is -0.181. The van der Waals surface area contributed by atoms with Crippen LogP contribution in [0.25, 0.3) is 0 Å². The number of hydrogen-bond acceptors (Lipinski definition) is 10. The molecule has 1 amide bonds. The molecule has 196 valence electrons. The number of benzene rings is 1. The maximum atomic E-state index is 13.7. The molecular formula is C26H28N2O9. The quantitative estimate of drug-likeness (QED) is 0.282. The summed E-state index contributed by atoms with van der Waals surface area (Å²) >= 11 is 0. The van der Waals surface area contributed by atoms with Crippen LogP contribution >= 0.6 is 0 Å². The van der Waals surface area contributed by atoms with Crippen LogP contribution in [0.1, 0.15) is 41.6 Å². The van der Waals surface area contributed by atoms with Crippen molar-refractivity contribution in [3.63, 3.8) is 0 Å². The number of primary amides is 1. The van der Waals surface area contributed by atoms with E-state index in [1.165, 1.54) is 25.1 Å². The number of aliphatic hydroxyl groups is 3. The highest BCUT2D eigenvalue weighted by Gasteiger charge is 2.68. The van der Waals surface area contributed by atoms with E-state index >= 15 is 0 Å². The predicted molar refractivity (Wildman–Crippen MR) is 126 cm³/mol. The van der Waals surface area contributed by atoms with Crippen molar-refractivity contribution in [2.45, 2.75) is 43.4 Å². The molecule has 4 aliphatic carbocycles. The van der Waals surface area contributed by atoms with E-state index in [0.717, 1.165) is 0 Å². The third-order valence-electron chi connectivity index (χ3n) is 8.13. The Bertz CT molecular complexity index is 1330. The van der Waals surface area contributed by atoms with Gasteiger partial charge in [-0.2, -0.15) is 0 Å². The van der Waals surface area contributed by atoms with Gasteiger partial charge in [-0.1, -0.05) is 19.1 Å². The van der Waals surface area contributed by atoms with Crippen LogP contribution in [0.4, 0.5) is 0 Å². The van der Waals surface area contributed by atoms with Crippen LogP contribution in [0.3, 0.4) is 0 Å². The number of carbonyl (C=O) groups excluding carboxylic acids is 4. The third-order valence-corrected chi connectivity index (χ3v) is 8.13. The maximum Gasteiger partial charge on any atom is 0.309 e. The van der Waals surface area contributed by atoms with Crippen LogP contribution in [0.15, 0.2) is 40.9 Å². The summed E-state index contributed by atoms with van der Waals surface area (Å²) in [4.78, 5) is 53.9. The number of carbonyl (C=O) groups is 4. The Morgan fingerprint density at radius 3 is 2.35 bits per heavy atom. The lowest BCUT2D eigenvalue weighted by Crippen LogP contribution is -2.69. The van der Waals surface area contributed by atoms with E-state index in [1.807, 2.05) is 0 Å². The van der Waals surface area contributed by atoms with Crippen molar-refractivity contribution in [2.75, 3.05) is 14.1 Å². The van der Waals surface area contributed by atoms with Gasteiger partial charge in [-0.3, -0.25) is 24.1 Å². The number of phenolic OH excluding ortho intramolecular Hbond substituents is 1. The van der Waals surface area contributed by atoms with Gasteiger partial charge < -0.3 is 30.9 Å². The molecule has 0 bridgehead atoms. The molecule has 37 heavy (non-hydrogen) atoms.